The summed E-state index contributed by atoms with van der Waals surface area (Å²) in [6.07, 6.45) is 0.328. The van der Waals surface area contributed by atoms with Crippen molar-refractivity contribution >= 4 is 11.9 Å². The minimum Gasteiger partial charge on any atom is -0.452 e. The van der Waals surface area contributed by atoms with Crippen LogP contribution >= 0.6 is 0 Å². The molecule has 0 saturated carbocycles. The number of rotatable bonds is 1. The first-order valence-corrected chi connectivity index (χ1v) is 3.15. The van der Waals surface area contributed by atoms with Gasteiger partial charge < -0.3 is 10.1 Å². The molecule has 1 aliphatic heterocycles. The molecule has 0 aliphatic carbocycles. The van der Waals surface area contributed by atoms with Gasteiger partial charge in [-0.25, -0.2) is 0 Å². The summed E-state index contributed by atoms with van der Waals surface area (Å²) >= 11 is 0. The molecule has 1 aliphatic rings. The Morgan fingerprint density at radius 1 is 1.80 bits per heavy atom. The van der Waals surface area contributed by atoms with Crippen molar-refractivity contribution in [3.05, 3.63) is 0 Å². The van der Waals surface area contributed by atoms with Crippen LogP contribution in [0.25, 0.3) is 0 Å². The molecule has 10 heavy (non-hydrogen) atoms. The fourth-order valence-electron chi connectivity index (χ4n) is 0.871. The molecule has 1 atom stereocenters. The molecule has 1 saturated heterocycles. The maximum atomic E-state index is 10.8. The summed E-state index contributed by atoms with van der Waals surface area (Å²) in [5, 5.41) is 2.41. The SMILES string of the molecule is CNC(=O)C1CCC(=O)O1. The van der Waals surface area contributed by atoms with Crippen molar-refractivity contribution in [1.29, 1.82) is 0 Å². The second-order valence-electron chi connectivity index (χ2n) is 2.13. The van der Waals surface area contributed by atoms with Crippen LogP contribution in [-0.2, 0) is 14.3 Å². The lowest BCUT2D eigenvalue weighted by Crippen LogP contribution is -2.31. The van der Waals surface area contributed by atoms with Crippen LogP contribution in [0.2, 0.25) is 0 Å². The van der Waals surface area contributed by atoms with E-state index in [0.29, 0.717) is 12.8 Å². The number of ether oxygens (including phenoxy) is 1. The van der Waals surface area contributed by atoms with E-state index in [2.05, 4.69) is 10.1 Å². The van der Waals surface area contributed by atoms with Crippen LogP contribution in [0.4, 0.5) is 0 Å². The molecule has 1 amide bonds. The Labute approximate surface area is 58.5 Å². The van der Waals surface area contributed by atoms with Crippen molar-refractivity contribution in [2.45, 2.75) is 18.9 Å². The lowest BCUT2D eigenvalue weighted by atomic mass is 10.2. The highest BCUT2D eigenvalue weighted by Gasteiger charge is 2.28. The Balaban J connectivity index is 2.44. The highest BCUT2D eigenvalue weighted by molar-refractivity contribution is 5.86. The van der Waals surface area contributed by atoms with E-state index in [9.17, 15) is 9.59 Å². The van der Waals surface area contributed by atoms with Gasteiger partial charge in [0.15, 0.2) is 6.10 Å². The summed E-state index contributed by atoms with van der Waals surface area (Å²) in [6.45, 7) is 0. The van der Waals surface area contributed by atoms with Crippen molar-refractivity contribution in [1.82, 2.24) is 5.32 Å². The van der Waals surface area contributed by atoms with Gasteiger partial charge in [-0.2, -0.15) is 0 Å². The molecule has 0 bridgehead atoms. The van der Waals surface area contributed by atoms with E-state index >= 15 is 0 Å². The van der Waals surface area contributed by atoms with Gasteiger partial charge in [0.2, 0.25) is 0 Å². The van der Waals surface area contributed by atoms with Gasteiger partial charge in [-0.15, -0.1) is 0 Å². The Hall–Kier alpha value is -1.06. The summed E-state index contributed by atoms with van der Waals surface area (Å²) in [7, 11) is 1.52. The second kappa shape index (κ2) is 2.68. The molecule has 0 aromatic heterocycles. The number of amides is 1. The molecule has 1 unspecified atom stereocenters. The van der Waals surface area contributed by atoms with Gasteiger partial charge in [0.1, 0.15) is 0 Å². The zero-order valence-corrected chi connectivity index (χ0v) is 5.72. The molecule has 56 valence electrons. The van der Waals surface area contributed by atoms with Crippen molar-refractivity contribution < 1.29 is 14.3 Å². The highest BCUT2D eigenvalue weighted by Crippen LogP contribution is 2.12. The van der Waals surface area contributed by atoms with Crippen LogP contribution in [-0.4, -0.2) is 25.0 Å². The quantitative estimate of drug-likeness (QED) is 0.500. The van der Waals surface area contributed by atoms with E-state index in [1.807, 2.05) is 0 Å². The lowest BCUT2D eigenvalue weighted by Gasteiger charge is -2.05. The van der Waals surface area contributed by atoms with Crippen LogP contribution in [0, 0.1) is 0 Å². The van der Waals surface area contributed by atoms with Gasteiger partial charge in [0, 0.05) is 19.9 Å². The average Bonchev–Trinajstić information content (AvgIpc) is 2.34. The van der Waals surface area contributed by atoms with E-state index < -0.39 is 6.10 Å². The molecule has 0 aromatic rings. The van der Waals surface area contributed by atoms with Crippen LogP contribution in [0.1, 0.15) is 12.8 Å². The van der Waals surface area contributed by atoms with Crippen LogP contribution < -0.4 is 5.32 Å². The van der Waals surface area contributed by atoms with E-state index in [4.69, 9.17) is 0 Å². The molecule has 4 heteroatoms. The molecule has 0 aromatic carbocycles. The number of esters is 1. The van der Waals surface area contributed by atoms with E-state index in [1.54, 1.807) is 0 Å². The number of nitrogens with one attached hydrogen (secondary N) is 1. The number of hydrogen-bond acceptors (Lipinski definition) is 3. The molecule has 4 nitrogen and oxygen atoms in total. The first-order valence-electron chi connectivity index (χ1n) is 3.15. The van der Waals surface area contributed by atoms with Crippen molar-refractivity contribution in [2.75, 3.05) is 7.05 Å². The van der Waals surface area contributed by atoms with Crippen molar-refractivity contribution in [3.8, 4) is 0 Å². The van der Waals surface area contributed by atoms with Gasteiger partial charge >= 0.3 is 5.97 Å². The van der Waals surface area contributed by atoms with Gasteiger partial charge in [-0.1, -0.05) is 0 Å². The number of carbonyl (C=O) groups is 2. The maximum absolute atomic E-state index is 10.8. The normalized spacial score (nSPS) is 24.1. The smallest absolute Gasteiger partial charge is 0.306 e. The zero-order chi connectivity index (χ0) is 7.56. The number of hydrogen-bond donors (Lipinski definition) is 1. The standard InChI is InChI=1S/C6H9NO3/c1-7-6(9)4-2-3-5(8)10-4/h4H,2-3H2,1H3,(H,7,9). The third-order valence-electron chi connectivity index (χ3n) is 1.42. The van der Waals surface area contributed by atoms with E-state index in [0.717, 1.165) is 0 Å². The third-order valence-corrected chi connectivity index (χ3v) is 1.42. The average molecular weight is 143 g/mol. The molecule has 0 radical (unpaired) electrons. The molecule has 1 fully saturated rings. The zero-order valence-electron chi connectivity index (χ0n) is 5.72. The van der Waals surface area contributed by atoms with Gasteiger partial charge in [0.05, 0.1) is 0 Å². The van der Waals surface area contributed by atoms with Gasteiger partial charge in [-0.3, -0.25) is 9.59 Å². The van der Waals surface area contributed by atoms with E-state index in [1.165, 1.54) is 7.05 Å². The van der Waals surface area contributed by atoms with E-state index in [-0.39, 0.29) is 11.9 Å². The predicted octanol–water partition coefficient (Wildman–Crippen LogP) is -0.562. The summed E-state index contributed by atoms with van der Waals surface area (Å²) in [5.41, 5.74) is 0. The van der Waals surface area contributed by atoms with Gasteiger partial charge in [-0.05, 0) is 0 Å². The van der Waals surface area contributed by atoms with Gasteiger partial charge in [0.25, 0.3) is 5.91 Å². The fraction of sp³-hybridized carbons (Fsp3) is 0.667. The summed E-state index contributed by atoms with van der Waals surface area (Å²) in [5.74, 6) is -0.501. The summed E-state index contributed by atoms with van der Waals surface area (Å²) in [4.78, 5) is 21.2. The molecule has 1 rings (SSSR count). The van der Waals surface area contributed by atoms with Crippen molar-refractivity contribution in [2.24, 2.45) is 0 Å². The summed E-state index contributed by atoms with van der Waals surface area (Å²) in [6, 6.07) is 0. The number of likely N-dealkylation sites (N-methyl/N-ethyl adjacent to an activating group) is 1. The maximum Gasteiger partial charge on any atom is 0.306 e. The fourth-order valence-corrected chi connectivity index (χ4v) is 0.871. The molecule has 0 spiro atoms. The predicted molar refractivity (Wildman–Crippen MR) is 33.2 cm³/mol. The Morgan fingerprint density at radius 3 is 2.90 bits per heavy atom. The van der Waals surface area contributed by atoms with Crippen molar-refractivity contribution in [3.63, 3.8) is 0 Å². The molecule has 1 heterocycles. The highest BCUT2D eigenvalue weighted by atomic mass is 16.6. The Morgan fingerprint density at radius 2 is 2.50 bits per heavy atom. The third kappa shape index (κ3) is 1.26. The first-order chi connectivity index (χ1) is 4.74. The van der Waals surface area contributed by atoms with Crippen LogP contribution in [0.3, 0.4) is 0 Å². The minimum atomic E-state index is -0.544. The summed E-state index contributed by atoms with van der Waals surface area (Å²) < 4.78 is 4.66. The topological polar surface area (TPSA) is 55.4 Å². The number of cyclic esters (lactones) is 1. The molecular formula is C6H9NO3. The monoisotopic (exact) mass is 143 g/mol. The molecule has 1 N–H and O–H groups in total. The Kier molecular flexibility index (Phi) is 1.89. The van der Waals surface area contributed by atoms with Crippen LogP contribution in [0.15, 0.2) is 0 Å². The minimum absolute atomic E-state index is 0.217. The molecular weight excluding hydrogens is 134 g/mol. The largest absolute Gasteiger partial charge is 0.452 e. The second-order valence-corrected chi connectivity index (χ2v) is 2.13. The Bertz CT molecular complexity index is 166. The lowest BCUT2D eigenvalue weighted by molar-refractivity contribution is -0.147. The first kappa shape index (κ1) is 7.05. The number of carbonyl (C=O) groups excluding carboxylic acids is 2. The van der Waals surface area contributed by atoms with Crippen LogP contribution in [0.5, 0.6) is 0 Å².